The third kappa shape index (κ3) is 23.2. The van der Waals surface area contributed by atoms with Gasteiger partial charge in [0.1, 0.15) is 12.6 Å². The van der Waals surface area contributed by atoms with E-state index >= 15 is 17.6 Å². The Morgan fingerprint density at radius 3 is 1.36 bits per heavy atom. The van der Waals surface area contributed by atoms with Gasteiger partial charge in [-0.2, -0.15) is 8.78 Å². The van der Waals surface area contributed by atoms with Crippen LogP contribution in [0.5, 0.6) is 11.5 Å². The second-order valence-electron chi connectivity index (χ2n) is 25.0. The summed E-state index contributed by atoms with van der Waals surface area (Å²) in [5.74, 6) is -4.15. The lowest BCUT2D eigenvalue weighted by Crippen LogP contribution is -2.49. The molecule has 11 nitrogen and oxygen atoms in total. The summed E-state index contributed by atoms with van der Waals surface area (Å²) in [4.78, 5) is 51.9. The van der Waals surface area contributed by atoms with Crippen LogP contribution in [0.25, 0.3) is 22.3 Å². The Morgan fingerprint density at radius 1 is 0.478 bits per heavy atom. The Labute approximate surface area is 532 Å². The zero-order valence-electron chi connectivity index (χ0n) is 53.4. The van der Waals surface area contributed by atoms with Gasteiger partial charge in [-0.1, -0.05) is 144 Å². The number of amides is 1. The molecule has 2 atom stereocenters. The van der Waals surface area contributed by atoms with Crippen molar-refractivity contribution in [3.8, 4) is 33.8 Å². The predicted molar refractivity (Wildman–Crippen MR) is 346 cm³/mol. The lowest BCUT2D eigenvalue weighted by Gasteiger charge is -2.29. The number of carbonyl (C=O) groups is 4. The van der Waals surface area contributed by atoms with Gasteiger partial charge in [-0.25, -0.2) is 13.6 Å². The van der Waals surface area contributed by atoms with E-state index in [0.29, 0.717) is 74.3 Å². The monoisotopic (exact) mass is 1250 g/mol. The molecule has 5 aromatic rings. The molecule has 2 fully saturated rings. The number of benzene rings is 5. The molecular weight excluding hydrogens is 1150 g/mol. The van der Waals surface area contributed by atoms with E-state index in [1.807, 2.05) is 30.3 Å². The van der Waals surface area contributed by atoms with Crippen LogP contribution in [0, 0.1) is 35.1 Å². The number of hydrogen-bond acceptors (Lipinski definition) is 10. The van der Waals surface area contributed by atoms with Gasteiger partial charge in [-0.15, -0.1) is 0 Å². The third-order valence-corrected chi connectivity index (χ3v) is 18.2. The number of unbranched alkanes of at least 4 members (excludes halogenated alkanes) is 10. The number of carbonyl (C=O) groups excluding carboxylic acids is 4. The van der Waals surface area contributed by atoms with Crippen LogP contribution >= 0.6 is 0 Å². The number of esters is 3. The lowest BCUT2D eigenvalue weighted by atomic mass is 9.77. The molecule has 2 aliphatic carbocycles. The maximum atomic E-state index is 15.3. The Bertz CT molecular complexity index is 2950. The first-order valence-corrected chi connectivity index (χ1v) is 33.8. The molecule has 7 rings (SSSR count). The molecule has 5 aromatic carbocycles. The van der Waals surface area contributed by atoms with Gasteiger partial charge in [0.2, 0.25) is 17.5 Å². The number of nitrogens with one attached hydrogen (secondary N) is 1. The van der Waals surface area contributed by atoms with Gasteiger partial charge in [0.05, 0.1) is 32.5 Å². The van der Waals surface area contributed by atoms with Gasteiger partial charge in [-0.3, -0.25) is 14.4 Å². The molecular formula is C75H98F4N2O9. The van der Waals surface area contributed by atoms with Crippen molar-refractivity contribution in [1.29, 1.82) is 0 Å². The van der Waals surface area contributed by atoms with E-state index < -0.39 is 59.2 Å². The van der Waals surface area contributed by atoms with Crippen molar-refractivity contribution in [1.82, 2.24) is 5.32 Å². The molecule has 2 aliphatic rings. The Hall–Kier alpha value is -6.74. The zero-order chi connectivity index (χ0) is 63.9. The van der Waals surface area contributed by atoms with Gasteiger partial charge in [0.25, 0.3) is 0 Å². The SMILES string of the molecule is CCCCCC1CCC(c2ccc(-c3ccc(OCCCCCCOC(=O)CC[C@H](NC(=O)[C@@H](N)CCC(=O)OCCCCCCOc4ccc(-c5ccc(C6CCC(CCCCC)CC6)cc5)c(F)c4F)C(=O)OCc4ccccc4)c(F)c3F)cc2)CC1. The number of rotatable bonds is 39. The van der Waals surface area contributed by atoms with Crippen molar-refractivity contribution in [3.05, 3.63) is 143 Å². The molecule has 2 saturated carbocycles. The summed E-state index contributed by atoms with van der Waals surface area (Å²) < 4.78 is 88.5. The summed E-state index contributed by atoms with van der Waals surface area (Å²) in [6, 6.07) is 28.4. The van der Waals surface area contributed by atoms with Gasteiger partial charge >= 0.3 is 17.9 Å². The normalized spacial score (nSPS) is 17.2. The van der Waals surface area contributed by atoms with Crippen LogP contribution in [0.2, 0.25) is 0 Å². The lowest BCUT2D eigenvalue weighted by molar-refractivity contribution is -0.151. The molecule has 490 valence electrons. The molecule has 90 heavy (non-hydrogen) atoms. The van der Waals surface area contributed by atoms with Crippen LogP contribution in [0.15, 0.2) is 103 Å². The van der Waals surface area contributed by atoms with Crippen LogP contribution in [0.4, 0.5) is 17.6 Å². The Morgan fingerprint density at radius 2 is 0.911 bits per heavy atom. The maximum absolute atomic E-state index is 15.3. The standard InChI is InChI=1S/C75H98F4N2O9/c1-3-5-12-20-53-24-28-56(29-25-53)58-32-36-60(37-33-58)62-40-44-66(72(78)70(62)76)86-48-16-7-9-18-50-88-68(82)46-42-64(80)74(84)81-65(75(85)90-52-55-22-14-11-15-23-55)43-47-69(83)89-51-19-10-8-17-49-87-67-45-41-63(71(77)73(67)79)61-38-34-59(35-39-61)57-30-26-54(27-31-57)21-13-6-4-2/h11,14-15,22-23,32-41,44-45,53-54,56-57,64-65H,3-10,12-13,16-21,24-31,42-43,46-52,80H2,1-2H3,(H,81,84)/t53?,54?,56?,57?,64-,65-/m0/s1. The molecule has 1 amide bonds. The molecule has 0 bridgehead atoms. The highest BCUT2D eigenvalue weighted by Gasteiger charge is 2.28. The minimum atomic E-state index is -1.23. The highest BCUT2D eigenvalue weighted by Crippen LogP contribution is 2.41. The van der Waals surface area contributed by atoms with Crippen LogP contribution in [-0.2, 0) is 40.0 Å². The highest BCUT2D eigenvalue weighted by atomic mass is 19.2. The van der Waals surface area contributed by atoms with E-state index in [-0.39, 0.29) is 81.3 Å². The summed E-state index contributed by atoms with van der Waals surface area (Å²) in [5.41, 5.74) is 11.0. The Kier molecular flexibility index (Phi) is 30.5. The van der Waals surface area contributed by atoms with E-state index in [1.54, 1.807) is 36.4 Å². The van der Waals surface area contributed by atoms with Crippen molar-refractivity contribution >= 4 is 23.8 Å². The highest BCUT2D eigenvalue weighted by molar-refractivity contribution is 5.88. The molecule has 0 aromatic heterocycles. The zero-order valence-corrected chi connectivity index (χ0v) is 53.4. The average molecular weight is 1250 g/mol. The number of halogens is 4. The molecule has 0 aliphatic heterocycles. The van der Waals surface area contributed by atoms with Crippen molar-refractivity contribution in [2.75, 3.05) is 26.4 Å². The fourth-order valence-electron chi connectivity index (χ4n) is 12.6. The second-order valence-corrected chi connectivity index (χ2v) is 25.0. The smallest absolute Gasteiger partial charge is 0.328 e. The number of ether oxygens (including phenoxy) is 5. The van der Waals surface area contributed by atoms with E-state index in [2.05, 4.69) is 43.4 Å². The molecule has 0 saturated heterocycles. The minimum absolute atomic E-state index is 0.0636. The molecule has 0 spiro atoms. The van der Waals surface area contributed by atoms with Crippen LogP contribution in [0.3, 0.4) is 0 Å². The van der Waals surface area contributed by atoms with E-state index in [4.69, 9.17) is 29.4 Å². The average Bonchev–Trinajstić information content (AvgIpc) is 1.04. The predicted octanol–water partition coefficient (Wildman–Crippen LogP) is 18.1. The van der Waals surface area contributed by atoms with E-state index in [9.17, 15) is 19.2 Å². The van der Waals surface area contributed by atoms with Gasteiger partial charge in [0.15, 0.2) is 23.1 Å². The first kappa shape index (κ1) is 70.7. The van der Waals surface area contributed by atoms with E-state index in [1.165, 1.54) is 126 Å². The molecule has 0 heterocycles. The van der Waals surface area contributed by atoms with E-state index in [0.717, 1.165) is 17.4 Å². The summed E-state index contributed by atoms with van der Waals surface area (Å²) in [7, 11) is 0. The topological polar surface area (TPSA) is 152 Å². The Balaban J connectivity index is 0.733. The largest absolute Gasteiger partial charge is 0.490 e. The molecule has 15 heteroatoms. The number of hydrogen-bond donors (Lipinski definition) is 2. The van der Waals surface area contributed by atoms with Gasteiger partial charge < -0.3 is 34.7 Å². The van der Waals surface area contributed by atoms with Gasteiger partial charge in [-0.05, 0) is 191 Å². The van der Waals surface area contributed by atoms with Gasteiger partial charge in [0, 0.05) is 24.0 Å². The van der Waals surface area contributed by atoms with Crippen molar-refractivity contribution in [2.45, 2.75) is 224 Å². The van der Waals surface area contributed by atoms with Crippen molar-refractivity contribution < 1.29 is 60.4 Å². The fourth-order valence-corrected chi connectivity index (χ4v) is 12.6. The quantitative estimate of drug-likeness (QED) is 0.0168. The third-order valence-electron chi connectivity index (χ3n) is 18.2. The van der Waals surface area contributed by atoms with Crippen LogP contribution in [0.1, 0.15) is 222 Å². The summed E-state index contributed by atoms with van der Waals surface area (Å²) >= 11 is 0. The van der Waals surface area contributed by atoms with Crippen molar-refractivity contribution in [3.63, 3.8) is 0 Å². The number of nitrogens with two attached hydrogens (primary N) is 1. The summed E-state index contributed by atoms with van der Waals surface area (Å²) in [5, 5.41) is 2.59. The second kappa shape index (κ2) is 38.8. The molecule has 3 N–H and O–H groups in total. The molecule has 0 radical (unpaired) electrons. The summed E-state index contributed by atoms with van der Waals surface area (Å²) in [6.45, 7) is 5.03. The van der Waals surface area contributed by atoms with Crippen LogP contribution in [-0.4, -0.2) is 62.3 Å². The first-order valence-electron chi connectivity index (χ1n) is 33.8. The first-order chi connectivity index (χ1) is 43.8. The minimum Gasteiger partial charge on any atom is -0.490 e. The maximum Gasteiger partial charge on any atom is 0.328 e. The van der Waals surface area contributed by atoms with Crippen LogP contribution < -0.4 is 20.5 Å². The summed E-state index contributed by atoms with van der Waals surface area (Å²) in [6.07, 6.45) is 24.5. The van der Waals surface area contributed by atoms with Crippen molar-refractivity contribution in [2.24, 2.45) is 17.6 Å². The molecule has 0 unspecified atom stereocenters. The fraction of sp³-hybridized carbons (Fsp3) is 0.547.